The number of carbonyl (C=O) groups excluding carboxylic acids is 2. The standard InChI is InChI=1S/C25H17Cl3FN3O3/c1-2-35-23(33)22-20(16-4-3-5-18(28)21(16)29)25(32(31-22)15-9-6-13(26)7-10-15)17-11-8-14(27)12-19(17)30-24(25)34/h3-12,20H,2H2,1H3,(H,30,34)/t20-,25-/m0/s1. The molecule has 1 spiro atoms. The summed E-state index contributed by atoms with van der Waals surface area (Å²) in [5, 5.41) is 9.53. The molecule has 0 unspecified atom stereocenters. The van der Waals surface area contributed by atoms with Crippen molar-refractivity contribution < 1.29 is 18.7 Å². The maximum Gasteiger partial charge on any atom is 0.355 e. The molecule has 0 radical (unpaired) electrons. The van der Waals surface area contributed by atoms with Gasteiger partial charge in [0.05, 0.1) is 23.2 Å². The quantitative estimate of drug-likeness (QED) is 0.409. The number of carbonyl (C=O) groups is 2. The first kappa shape index (κ1) is 23.6. The van der Waals surface area contributed by atoms with Gasteiger partial charge in [-0.25, -0.2) is 14.2 Å². The van der Waals surface area contributed by atoms with Crippen molar-refractivity contribution in [3.8, 4) is 0 Å². The first-order valence-electron chi connectivity index (χ1n) is 10.7. The molecule has 3 aromatic carbocycles. The lowest BCUT2D eigenvalue weighted by Gasteiger charge is -2.37. The number of hydrogen-bond donors (Lipinski definition) is 1. The summed E-state index contributed by atoms with van der Waals surface area (Å²) in [7, 11) is 0. The molecule has 0 aliphatic carbocycles. The molecular weight excluding hydrogens is 516 g/mol. The molecule has 5 rings (SSSR count). The zero-order valence-electron chi connectivity index (χ0n) is 18.2. The van der Waals surface area contributed by atoms with E-state index in [4.69, 9.17) is 39.5 Å². The number of amides is 1. The number of benzene rings is 3. The number of nitrogens with one attached hydrogen (secondary N) is 1. The van der Waals surface area contributed by atoms with E-state index in [1.807, 2.05) is 0 Å². The van der Waals surface area contributed by atoms with Gasteiger partial charge >= 0.3 is 5.97 Å². The van der Waals surface area contributed by atoms with Crippen LogP contribution in [0.25, 0.3) is 0 Å². The molecule has 2 atom stereocenters. The molecular formula is C25H17Cl3FN3O3. The van der Waals surface area contributed by atoms with Gasteiger partial charge in [-0.1, -0.05) is 53.0 Å². The molecule has 1 N–H and O–H groups in total. The molecule has 35 heavy (non-hydrogen) atoms. The largest absolute Gasteiger partial charge is 0.461 e. The number of rotatable bonds is 4. The van der Waals surface area contributed by atoms with Crippen LogP contribution in [0.3, 0.4) is 0 Å². The number of esters is 1. The van der Waals surface area contributed by atoms with Crippen LogP contribution in [0.2, 0.25) is 15.1 Å². The zero-order valence-corrected chi connectivity index (χ0v) is 20.5. The Kier molecular flexibility index (Phi) is 5.95. The summed E-state index contributed by atoms with van der Waals surface area (Å²) in [6, 6.07) is 15.9. The van der Waals surface area contributed by atoms with Gasteiger partial charge in [0.15, 0.2) is 11.3 Å². The maximum atomic E-state index is 15.5. The van der Waals surface area contributed by atoms with Crippen LogP contribution >= 0.6 is 34.8 Å². The van der Waals surface area contributed by atoms with Gasteiger partial charge < -0.3 is 10.1 Å². The predicted octanol–water partition coefficient (Wildman–Crippen LogP) is 6.16. The van der Waals surface area contributed by atoms with Crippen molar-refractivity contribution in [2.45, 2.75) is 18.4 Å². The smallest absolute Gasteiger partial charge is 0.355 e. The number of hydrazone groups is 1. The summed E-state index contributed by atoms with van der Waals surface area (Å²) in [6.45, 7) is 1.71. The second kappa shape index (κ2) is 8.82. The Morgan fingerprint density at radius 1 is 1.11 bits per heavy atom. The van der Waals surface area contributed by atoms with Crippen LogP contribution in [0.5, 0.6) is 0 Å². The fourth-order valence-corrected chi connectivity index (χ4v) is 5.16. The van der Waals surface area contributed by atoms with Gasteiger partial charge in [0, 0.05) is 26.9 Å². The molecule has 2 heterocycles. The Morgan fingerprint density at radius 3 is 2.54 bits per heavy atom. The van der Waals surface area contributed by atoms with Crippen molar-refractivity contribution in [2.75, 3.05) is 16.9 Å². The van der Waals surface area contributed by atoms with E-state index in [9.17, 15) is 9.59 Å². The molecule has 2 aliphatic rings. The van der Waals surface area contributed by atoms with E-state index in [-0.39, 0.29) is 22.9 Å². The molecule has 178 valence electrons. The number of halogens is 4. The minimum absolute atomic E-state index is 0.0266. The van der Waals surface area contributed by atoms with E-state index in [1.54, 1.807) is 55.5 Å². The molecule has 3 aromatic rings. The third kappa shape index (κ3) is 3.57. The molecule has 0 saturated carbocycles. The zero-order chi connectivity index (χ0) is 24.9. The van der Waals surface area contributed by atoms with E-state index in [0.717, 1.165) is 0 Å². The van der Waals surface area contributed by atoms with Gasteiger partial charge in [-0.15, -0.1) is 0 Å². The van der Waals surface area contributed by atoms with Gasteiger partial charge in [0.1, 0.15) is 5.82 Å². The molecule has 10 heteroatoms. The van der Waals surface area contributed by atoms with Gasteiger partial charge in [-0.2, -0.15) is 5.10 Å². The number of ether oxygens (including phenoxy) is 1. The summed E-state index contributed by atoms with van der Waals surface area (Å²) in [6.07, 6.45) is 0. The maximum absolute atomic E-state index is 15.5. The Balaban J connectivity index is 1.86. The van der Waals surface area contributed by atoms with Crippen molar-refractivity contribution in [2.24, 2.45) is 5.10 Å². The fraction of sp³-hybridized carbons (Fsp3) is 0.160. The third-order valence-corrected chi connectivity index (χ3v) is 6.85. The summed E-state index contributed by atoms with van der Waals surface area (Å²) in [4.78, 5) is 27.1. The van der Waals surface area contributed by atoms with Crippen LogP contribution in [0.4, 0.5) is 15.8 Å². The van der Waals surface area contributed by atoms with Crippen LogP contribution in [-0.2, 0) is 19.9 Å². The Hall–Kier alpha value is -3.13. The first-order chi connectivity index (χ1) is 16.8. The Labute approximate surface area is 215 Å². The van der Waals surface area contributed by atoms with Crippen LogP contribution < -0.4 is 10.3 Å². The van der Waals surface area contributed by atoms with Crippen LogP contribution in [-0.4, -0.2) is 24.2 Å². The highest BCUT2D eigenvalue weighted by Gasteiger charge is 2.64. The molecule has 0 aromatic heterocycles. The topological polar surface area (TPSA) is 71.0 Å². The van der Waals surface area contributed by atoms with Gasteiger partial charge in [-0.05, 0) is 49.4 Å². The fourth-order valence-electron chi connectivity index (χ4n) is 4.68. The minimum atomic E-state index is -1.68. The highest BCUT2D eigenvalue weighted by atomic mass is 35.5. The first-order valence-corrected chi connectivity index (χ1v) is 11.8. The average Bonchev–Trinajstić information content (AvgIpc) is 3.32. The molecule has 0 fully saturated rings. The van der Waals surface area contributed by atoms with E-state index in [2.05, 4.69) is 10.4 Å². The van der Waals surface area contributed by atoms with E-state index in [0.29, 0.717) is 27.0 Å². The summed E-state index contributed by atoms with van der Waals surface area (Å²) < 4.78 is 20.8. The van der Waals surface area contributed by atoms with E-state index < -0.39 is 29.2 Å². The normalized spacial score (nSPS) is 20.6. The lowest BCUT2D eigenvalue weighted by Crippen LogP contribution is -2.51. The predicted molar refractivity (Wildman–Crippen MR) is 134 cm³/mol. The molecule has 2 aliphatic heterocycles. The highest BCUT2D eigenvalue weighted by molar-refractivity contribution is 6.42. The van der Waals surface area contributed by atoms with Crippen molar-refractivity contribution in [3.63, 3.8) is 0 Å². The Morgan fingerprint density at radius 2 is 1.83 bits per heavy atom. The average molecular weight is 533 g/mol. The van der Waals surface area contributed by atoms with Crippen LogP contribution in [0, 0.1) is 5.82 Å². The van der Waals surface area contributed by atoms with Crippen molar-refractivity contribution in [1.29, 1.82) is 0 Å². The van der Waals surface area contributed by atoms with Gasteiger partial charge in [0.25, 0.3) is 5.91 Å². The summed E-state index contributed by atoms with van der Waals surface area (Å²) in [5.74, 6) is -3.25. The minimum Gasteiger partial charge on any atom is -0.461 e. The van der Waals surface area contributed by atoms with E-state index >= 15 is 4.39 Å². The lowest BCUT2D eigenvalue weighted by atomic mass is 9.72. The van der Waals surface area contributed by atoms with Gasteiger partial charge in [-0.3, -0.25) is 4.79 Å². The van der Waals surface area contributed by atoms with Crippen LogP contribution in [0.1, 0.15) is 24.0 Å². The van der Waals surface area contributed by atoms with Crippen molar-refractivity contribution in [1.82, 2.24) is 0 Å². The SMILES string of the molecule is CCOC(=O)C1=NN(c2ccc(Cl)cc2)[C@]2(C(=O)Nc3cc(Cl)ccc32)[C@H]1c1cccc(Cl)c1F. The summed E-state index contributed by atoms with van der Waals surface area (Å²) >= 11 is 18.4. The second-order valence-corrected chi connectivity index (χ2v) is 9.26. The molecule has 1 amide bonds. The third-order valence-electron chi connectivity index (χ3n) is 6.07. The Bertz CT molecular complexity index is 1400. The lowest BCUT2D eigenvalue weighted by molar-refractivity contribution is -0.135. The molecule has 0 saturated heterocycles. The number of hydrogen-bond acceptors (Lipinski definition) is 5. The number of nitrogens with zero attached hydrogens (tertiary/aromatic N) is 2. The summed E-state index contributed by atoms with van der Waals surface area (Å²) in [5.41, 5.74) is -0.441. The van der Waals surface area contributed by atoms with Gasteiger partial charge in [0.2, 0.25) is 0 Å². The van der Waals surface area contributed by atoms with Crippen molar-refractivity contribution >= 4 is 63.8 Å². The van der Waals surface area contributed by atoms with E-state index in [1.165, 1.54) is 17.1 Å². The molecule has 6 nitrogen and oxygen atoms in total. The highest BCUT2D eigenvalue weighted by Crippen LogP contribution is 2.56. The number of anilines is 2. The molecule has 0 bridgehead atoms. The monoisotopic (exact) mass is 531 g/mol. The van der Waals surface area contributed by atoms with Crippen molar-refractivity contribution in [3.05, 3.63) is 92.7 Å². The second-order valence-electron chi connectivity index (χ2n) is 7.98. The van der Waals surface area contributed by atoms with Crippen LogP contribution in [0.15, 0.2) is 65.8 Å². The number of fused-ring (bicyclic) bond motifs is 2.